The van der Waals surface area contributed by atoms with E-state index in [1.807, 2.05) is 18.2 Å². The van der Waals surface area contributed by atoms with E-state index in [1.165, 1.54) is 5.56 Å². The van der Waals surface area contributed by atoms with Crippen molar-refractivity contribution in [3.8, 4) is 5.75 Å². The van der Waals surface area contributed by atoms with Crippen molar-refractivity contribution in [3.63, 3.8) is 0 Å². The van der Waals surface area contributed by atoms with Crippen LogP contribution in [0.2, 0.25) is 0 Å². The molecule has 2 rings (SSSR count). The van der Waals surface area contributed by atoms with Gasteiger partial charge in [-0.2, -0.15) is 0 Å². The number of nitrogens with one attached hydrogen (secondary N) is 1. The maximum atomic E-state index is 5.76. The fraction of sp³-hybridized carbons (Fsp3) is 0.444. The molecule has 0 saturated heterocycles. The topological polar surface area (TPSA) is 34.4 Å². The summed E-state index contributed by atoms with van der Waals surface area (Å²) in [6.45, 7) is 8.80. The van der Waals surface area contributed by atoms with E-state index < -0.39 is 0 Å². The van der Waals surface area contributed by atoms with E-state index in [0.29, 0.717) is 12.5 Å². The third kappa shape index (κ3) is 4.64. The summed E-state index contributed by atoms with van der Waals surface area (Å²) in [6.07, 6.45) is 2.94. The minimum absolute atomic E-state index is 0.467. The van der Waals surface area contributed by atoms with Crippen LogP contribution in [0.4, 0.5) is 0 Å². The zero-order valence-electron chi connectivity index (χ0n) is 13.2. The zero-order valence-corrected chi connectivity index (χ0v) is 13.2. The maximum Gasteiger partial charge on any atom is 0.146 e. The Morgan fingerprint density at radius 1 is 1.19 bits per heavy atom. The standard InChI is InChI=1S/C18H25NO2/c1-4-14(3)16-6-8-17(9-7-16)21-13-18-10-15(12-20-18)11-19-5-2/h6-10,12,14,19H,4-5,11,13H2,1-3H3. The molecular formula is C18H25NO2. The third-order valence-corrected chi connectivity index (χ3v) is 3.73. The molecule has 1 unspecified atom stereocenters. The first-order valence-electron chi connectivity index (χ1n) is 7.72. The van der Waals surface area contributed by atoms with Gasteiger partial charge in [-0.05, 0) is 42.6 Å². The zero-order chi connectivity index (χ0) is 15.1. The first-order chi connectivity index (χ1) is 10.2. The van der Waals surface area contributed by atoms with E-state index in [4.69, 9.17) is 9.15 Å². The predicted molar refractivity (Wildman–Crippen MR) is 85.6 cm³/mol. The lowest BCUT2D eigenvalue weighted by Crippen LogP contribution is -2.10. The Morgan fingerprint density at radius 2 is 1.95 bits per heavy atom. The Labute approximate surface area is 127 Å². The summed E-state index contributed by atoms with van der Waals surface area (Å²) in [5.74, 6) is 2.33. The Balaban J connectivity index is 1.86. The molecule has 1 N–H and O–H groups in total. The Hall–Kier alpha value is -1.74. The van der Waals surface area contributed by atoms with Gasteiger partial charge in [0.05, 0.1) is 6.26 Å². The number of hydrogen-bond donors (Lipinski definition) is 1. The van der Waals surface area contributed by atoms with Crippen LogP contribution in [0.15, 0.2) is 41.0 Å². The highest BCUT2D eigenvalue weighted by molar-refractivity contribution is 5.29. The average molecular weight is 287 g/mol. The van der Waals surface area contributed by atoms with Gasteiger partial charge >= 0.3 is 0 Å². The van der Waals surface area contributed by atoms with Gasteiger partial charge in [0.1, 0.15) is 18.1 Å². The molecule has 1 aromatic heterocycles. The smallest absolute Gasteiger partial charge is 0.146 e. The highest BCUT2D eigenvalue weighted by atomic mass is 16.5. The third-order valence-electron chi connectivity index (χ3n) is 3.73. The van der Waals surface area contributed by atoms with Crippen molar-refractivity contribution in [2.75, 3.05) is 6.54 Å². The first kappa shape index (κ1) is 15.6. The van der Waals surface area contributed by atoms with Gasteiger partial charge in [-0.15, -0.1) is 0 Å². The van der Waals surface area contributed by atoms with E-state index in [1.54, 1.807) is 6.26 Å². The molecule has 2 aromatic rings. The molecule has 0 spiro atoms. The number of hydrogen-bond acceptors (Lipinski definition) is 3. The summed E-state index contributed by atoms with van der Waals surface area (Å²) in [5.41, 5.74) is 2.51. The highest BCUT2D eigenvalue weighted by Crippen LogP contribution is 2.22. The molecule has 3 nitrogen and oxygen atoms in total. The lowest BCUT2D eigenvalue weighted by Gasteiger charge is -2.10. The molecule has 1 atom stereocenters. The molecule has 0 aliphatic carbocycles. The average Bonchev–Trinajstić information content (AvgIpc) is 2.98. The van der Waals surface area contributed by atoms with Crippen molar-refractivity contribution >= 4 is 0 Å². The van der Waals surface area contributed by atoms with E-state index in [9.17, 15) is 0 Å². The van der Waals surface area contributed by atoms with Gasteiger partial charge in [-0.25, -0.2) is 0 Å². The van der Waals surface area contributed by atoms with Crippen LogP contribution in [0.25, 0.3) is 0 Å². The van der Waals surface area contributed by atoms with Crippen molar-refractivity contribution in [2.24, 2.45) is 0 Å². The summed E-state index contributed by atoms with van der Waals surface area (Å²) < 4.78 is 11.3. The van der Waals surface area contributed by atoms with Gasteiger partial charge in [-0.3, -0.25) is 0 Å². The number of benzene rings is 1. The number of furan rings is 1. The van der Waals surface area contributed by atoms with Crippen molar-refractivity contribution in [1.82, 2.24) is 5.32 Å². The second-order valence-corrected chi connectivity index (χ2v) is 5.37. The highest BCUT2D eigenvalue weighted by Gasteiger charge is 2.05. The predicted octanol–water partition coefficient (Wildman–Crippen LogP) is 4.48. The quantitative estimate of drug-likeness (QED) is 0.777. The SMILES string of the molecule is CCNCc1coc(COc2ccc(C(C)CC)cc2)c1. The second-order valence-electron chi connectivity index (χ2n) is 5.37. The van der Waals surface area contributed by atoms with Crippen molar-refractivity contribution < 1.29 is 9.15 Å². The number of ether oxygens (including phenoxy) is 1. The minimum Gasteiger partial charge on any atom is -0.486 e. The molecule has 0 amide bonds. The molecule has 0 radical (unpaired) electrons. The lowest BCUT2D eigenvalue weighted by atomic mass is 9.99. The van der Waals surface area contributed by atoms with E-state index in [0.717, 1.165) is 36.6 Å². The normalized spacial score (nSPS) is 12.3. The monoisotopic (exact) mass is 287 g/mol. The Morgan fingerprint density at radius 3 is 2.62 bits per heavy atom. The maximum absolute atomic E-state index is 5.76. The van der Waals surface area contributed by atoms with Crippen LogP contribution >= 0.6 is 0 Å². The second kappa shape index (κ2) is 7.89. The molecule has 114 valence electrons. The molecule has 0 bridgehead atoms. The minimum atomic E-state index is 0.467. The summed E-state index contributed by atoms with van der Waals surface area (Å²) in [4.78, 5) is 0. The number of rotatable bonds is 8. The Bertz CT molecular complexity index is 530. The first-order valence-corrected chi connectivity index (χ1v) is 7.72. The van der Waals surface area contributed by atoms with E-state index >= 15 is 0 Å². The van der Waals surface area contributed by atoms with E-state index in [-0.39, 0.29) is 0 Å². The van der Waals surface area contributed by atoms with Crippen molar-refractivity contribution in [2.45, 2.75) is 46.3 Å². The summed E-state index contributed by atoms with van der Waals surface area (Å²) >= 11 is 0. The molecule has 21 heavy (non-hydrogen) atoms. The van der Waals surface area contributed by atoms with Crippen molar-refractivity contribution in [3.05, 3.63) is 53.5 Å². The van der Waals surface area contributed by atoms with Crippen LogP contribution in [0.1, 0.15) is 50.0 Å². The van der Waals surface area contributed by atoms with Crippen LogP contribution in [-0.2, 0) is 13.2 Å². The van der Waals surface area contributed by atoms with Gasteiger partial charge in [0.25, 0.3) is 0 Å². The fourth-order valence-electron chi connectivity index (χ4n) is 2.15. The van der Waals surface area contributed by atoms with Gasteiger partial charge in [0.15, 0.2) is 0 Å². The molecule has 1 heterocycles. The van der Waals surface area contributed by atoms with Crippen molar-refractivity contribution in [1.29, 1.82) is 0 Å². The summed E-state index contributed by atoms with van der Waals surface area (Å²) in [7, 11) is 0. The van der Waals surface area contributed by atoms with Crippen LogP contribution in [-0.4, -0.2) is 6.54 Å². The molecule has 0 aliphatic heterocycles. The van der Waals surface area contributed by atoms with Gasteiger partial charge < -0.3 is 14.5 Å². The largest absolute Gasteiger partial charge is 0.486 e. The molecule has 1 aromatic carbocycles. The van der Waals surface area contributed by atoms with Crippen LogP contribution < -0.4 is 10.1 Å². The van der Waals surface area contributed by atoms with Gasteiger partial charge in [0.2, 0.25) is 0 Å². The lowest BCUT2D eigenvalue weighted by molar-refractivity contribution is 0.270. The fourth-order valence-corrected chi connectivity index (χ4v) is 2.15. The molecular weight excluding hydrogens is 262 g/mol. The van der Waals surface area contributed by atoms with E-state index in [2.05, 4.69) is 38.2 Å². The van der Waals surface area contributed by atoms with Gasteiger partial charge in [-0.1, -0.05) is 32.9 Å². The molecule has 3 heteroatoms. The summed E-state index contributed by atoms with van der Waals surface area (Å²) in [6, 6.07) is 10.4. The Kier molecular flexibility index (Phi) is 5.88. The van der Waals surface area contributed by atoms with Crippen LogP contribution in [0.5, 0.6) is 5.75 Å². The van der Waals surface area contributed by atoms with Crippen LogP contribution in [0.3, 0.4) is 0 Å². The molecule has 0 saturated carbocycles. The summed E-state index contributed by atoms with van der Waals surface area (Å²) in [5, 5.41) is 3.27. The van der Waals surface area contributed by atoms with Crippen LogP contribution in [0, 0.1) is 0 Å². The van der Waals surface area contributed by atoms with Gasteiger partial charge in [0, 0.05) is 12.1 Å². The molecule has 0 aliphatic rings. The molecule has 0 fully saturated rings.